The molecule has 0 heterocycles. The van der Waals surface area contributed by atoms with Crippen LogP contribution in [0.3, 0.4) is 0 Å². The third-order valence-corrected chi connectivity index (χ3v) is 2.30. The third-order valence-electron chi connectivity index (χ3n) is 1.99. The van der Waals surface area contributed by atoms with E-state index in [1.807, 2.05) is 0 Å². The number of para-hydroxylation sites is 1. The number of rotatable bonds is 5. The highest BCUT2D eigenvalue weighted by molar-refractivity contribution is 6.33. The van der Waals surface area contributed by atoms with Crippen molar-refractivity contribution in [2.24, 2.45) is 0 Å². The number of benzene rings is 1. The van der Waals surface area contributed by atoms with Crippen LogP contribution in [0.1, 0.15) is 0 Å². The summed E-state index contributed by atoms with van der Waals surface area (Å²) in [6, 6.07) is 3.97. The molecule has 0 spiro atoms. The Morgan fingerprint density at radius 2 is 1.95 bits per heavy atom. The first-order valence-corrected chi connectivity index (χ1v) is 5.34. The molecule has 0 radical (unpaired) electrons. The first kappa shape index (κ1) is 14.7. The SMILES string of the molecule is O=C(O)/C=C/C(=CNc1c(F)cccc1Cl)C(=O)O. The van der Waals surface area contributed by atoms with Gasteiger partial charge in [0.1, 0.15) is 5.82 Å². The molecule has 1 rings (SSSR count). The van der Waals surface area contributed by atoms with Gasteiger partial charge < -0.3 is 15.5 Å². The van der Waals surface area contributed by atoms with Crippen molar-refractivity contribution in [3.8, 4) is 0 Å². The molecule has 0 unspecified atom stereocenters. The topological polar surface area (TPSA) is 86.6 Å². The first-order valence-electron chi connectivity index (χ1n) is 4.97. The molecule has 0 saturated heterocycles. The summed E-state index contributed by atoms with van der Waals surface area (Å²) in [6.07, 6.45) is 2.48. The van der Waals surface area contributed by atoms with Gasteiger partial charge in [0.05, 0.1) is 16.3 Å². The van der Waals surface area contributed by atoms with Gasteiger partial charge in [-0.05, 0) is 18.2 Å². The fraction of sp³-hybridized carbons (Fsp3) is 0. The van der Waals surface area contributed by atoms with Crippen molar-refractivity contribution >= 4 is 29.2 Å². The van der Waals surface area contributed by atoms with Crippen LogP contribution in [0.25, 0.3) is 0 Å². The molecule has 7 heteroatoms. The number of carboxylic acid groups (broad SMARTS) is 2. The van der Waals surface area contributed by atoms with E-state index in [1.165, 1.54) is 12.1 Å². The monoisotopic (exact) mass is 285 g/mol. The molecule has 19 heavy (non-hydrogen) atoms. The van der Waals surface area contributed by atoms with E-state index in [-0.39, 0.29) is 16.3 Å². The Balaban J connectivity index is 2.99. The van der Waals surface area contributed by atoms with Crippen LogP contribution in [0, 0.1) is 5.82 Å². The predicted octanol–water partition coefficient (Wildman–Crippen LogP) is 2.50. The molecule has 0 fully saturated rings. The minimum Gasteiger partial charge on any atom is -0.478 e. The summed E-state index contributed by atoms with van der Waals surface area (Å²) in [4.78, 5) is 21.1. The maximum atomic E-state index is 13.4. The van der Waals surface area contributed by atoms with Gasteiger partial charge in [-0.15, -0.1) is 0 Å². The lowest BCUT2D eigenvalue weighted by molar-refractivity contribution is -0.132. The van der Waals surface area contributed by atoms with Crippen molar-refractivity contribution in [2.45, 2.75) is 0 Å². The normalized spacial score (nSPS) is 11.6. The molecule has 0 bridgehead atoms. The van der Waals surface area contributed by atoms with Gasteiger partial charge in [0, 0.05) is 12.3 Å². The second-order valence-corrected chi connectivity index (χ2v) is 3.72. The highest BCUT2D eigenvalue weighted by Crippen LogP contribution is 2.24. The Morgan fingerprint density at radius 3 is 2.47 bits per heavy atom. The number of carboxylic acids is 2. The van der Waals surface area contributed by atoms with E-state index >= 15 is 0 Å². The summed E-state index contributed by atoms with van der Waals surface area (Å²) in [5, 5.41) is 19.7. The number of hydrogen-bond donors (Lipinski definition) is 3. The van der Waals surface area contributed by atoms with Crippen LogP contribution in [0.5, 0.6) is 0 Å². The molecule has 3 N–H and O–H groups in total. The summed E-state index contributed by atoms with van der Waals surface area (Å²) >= 11 is 5.73. The van der Waals surface area contributed by atoms with Gasteiger partial charge in [0.15, 0.2) is 0 Å². The van der Waals surface area contributed by atoms with E-state index in [1.54, 1.807) is 0 Å². The Bertz CT molecular complexity index is 549. The van der Waals surface area contributed by atoms with Gasteiger partial charge in [0.2, 0.25) is 0 Å². The molecule has 1 aromatic rings. The molecule has 0 aromatic heterocycles. The molecule has 0 aliphatic carbocycles. The zero-order valence-electron chi connectivity index (χ0n) is 9.43. The van der Waals surface area contributed by atoms with Crippen molar-refractivity contribution < 1.29 is 24.2 Å². The number of nitrogens with one attached hydrogen (secondary N) is 1. The fourth-order valence-corrected chi connectivity index (χ4v) is 1.35. The molecule has 0 amide bonds. The molecule has 0 atom stereocenters. The van der Waals surface area contributed by atoms with Crippen molar-refractivity contribution in [2.75, 3.05) is 5.32 Å². The van der Waals surface area contributed by atoms with Crippen molar-refractivity contribution in [3.63, 3.8) is 0 Å². The van der Waals surface area contributed by atoms with Crippen LogP contribution >= 0.6 is 11.6 Å². The van der Waals surface area contributed by atoms with Gasteiger partial charge in [0.25, 0.3) is 0 Å². The lowest BCUT2D eigenvalue weighted by Crippen LogP contribution is -2.03. The molecule has 5 nitrogen and oxygen atoms in total. The van der Waals surface area contributed by atoms with Crippen LogP contribution in [0.2, 0.25) is 5.02 Å². The molecule has 0 aliphatic heterocycles. The van der Waals surface area contributed by atoms with Gasteiger partial charge in [-0.25, -0.2) is 14.0 Å². The first-order chi connectivity index (χ1) is 8.91. The number of aliphatic carboxylic acids is 2. The zero-order chi connectivity index (χ0) is 14.4. The van der Waals surface area contributed by atoms with Crippen LogP contribution in [0.15, 0.2) is 42.1 Å². The van der Waals surface area contributed by atoms with Gasteiger partial charge >= 0.3 is 11.9 Å². The Morgan fingerprint density at radius 1 is 1.26 bits per heavy atom. The van der Waals surface area contributed by atoms with E-state index in [4.69, 9.17) is 21.8 Å². The number of carbonyl (C=O) groups is 2. The van der Waals surface area contributed by atoms with Crippen molar-refractivity contribution in [1.82, 2.24) is 0 Å². The smallest absolute Gasteiger partial charge is 0.337 e. The summed E-state index contributed by atoms with van der Waals surface area (Å²) in [5.41, 5.74) is -0.451. The average Bonchev–Trinajstić information content (AvgIpc) is 2.31. The average molecular weight is 286 g/mol. The van der Waals surface area contributed by atoms with Crippen molar-refractivity contribution in [3.05, 3.63) is 53.0 Å². The molecule has 1 aromatic carbocycles. The van der Waals surface area contributed by atoms with Gasteiger partial charge in [-0.1, -0.05) is 17.7 Å². The maximum absolute atomic E-state index is 13.4. The van der Waals surface area contributed by atoms with E-state index in [0.29, 0.717) is 6.08 Å². The van der Waals surface area contributed by atoms with Gasteiger partial charge in [-0.3, -0.25) is 0 Å². The maximum Gasteiger partial charge on any atom is 0.337 e. The van der Waals surface area contributed by atoms with Gasteiger partial charge in [-0.2, -0.15) is 0 Å². The molecule has 100 valence electrons. The minimum absolute atomic E-state index is 0.0724. The Labute approximate surface area is 112 Å². The summed E-state index contributed by atoms with van der Waals surface area (Å²) < 4.78 is 13.4. The summed E-state index contributed by atoms with van der Waals surface area (Å²) in [6.45, 7) is 0. The number of anilines is 1. The van der Waals surface area contributed by atoms with E-state index in [9.17, 15) is 14.0 Å². The minimum atomic E-state index is -1.36. The number of hydrogen-bond acceptors (Lipinski definition) is 3. The van der Waals surface area contributed by atoms with E-state index in [2.05, 4.69) is 5.32 Å². The molecule has 0 aliphatic rings. The van der Waals surface area contributed by atoms with Crippen molar-refractivity contribution in [1.29, 1.82) is 0 Å². The van der Waals surface area contributed by atoms with E-state index < -0.39 is 17.8 Å². The Kier molecular flexibility index (Phi) is 5.08. The van der Waals surface area contributed by atoms with Crippen LogP contribution in [0.4, 0.5) is 10.1 Å². The Hall–Kier alpha value is -2.34. The lowest BCUT2D eigenvalue weighted by atomic mass is 10.2. The van der Waals surface area contributed by atoms with Crippen LogP contribution < -0.4 is 5.32 Å². The summed E-state index contributed by atoms with van der Waals surface area (Å²) in [7, 11) is 0. The largest absolute Gasteiger partial charge is 0.478 e. The van der Waals surface area contributed by atoms with E-state index in [0.717, 1.165) is 18.3 Å². The second-order valence-electron chi connectivity index (χ2n) is 3.32. The lowest BCUT2D eigenvalue weighted by Gasteiger charge is -2.05. The third kappa shape index (κ3) is 4.44. The highest BCUT2D eigenvalue weighted by atomic mass is 35.5. The molecular formula is C12H9ClFNO4. The molecular weight excluding hydrogens is 277 g/mol. The quantitative estimate of drug-likeness (QED) is 0.571. The molecule has 0 saturated carbocycles. The second kappa shape index (κ2) is 6.55. The predicted molar refractivity (Wildman–Crippen MR) is 67.5 cm³/mol. The van der Waals surface area contributed by atoms with Crippen LogP contribution in [-0.4, -0.2) is 22.2 Å². The number of halogens is 2. The zero-order valence-corrected chi connectivity index (χ0v) is 10.2. The fourth-order valence-electron chi connectivity index (χ4n) is 1.13. The highest BCUT2D eigenvalue weighted by Gasteiger charge is 2.07. The van der Waals surface area contributed by atoms with Crippen LogP contribution in [-0.2, 0) is 9.59 Å². The standard InChI is InChI=1S/C12H9ClFNO4/c13-8-2-1-3-9(14)11(8)15-6-7(12(18)19)4-5-10(16)17/h1-6,15H,(H,16,17)(H,18,19)/b5-4+,7-6?. The summed E-state index contributed by atoms with van der Waals surface area (Å²) in [5.74, 6) is -3.32.